The maximum Gasteiger partial charge on any atom is 0.308 e. The third kappa shape index (κ3) is 4.41. The molecule has 33 heavy (non-hydrogen) atoms. The smallest absolute Gasteiger partial charge is 0.308 e. The Balaban J connectivity index is 1.29. The first-order valence-electron chi connectivity index (χ1n) is 10.5. The molecule has 3 aromatic rings. The van der Waals surface area contributed by atoms with Crippen LogP contribution in [0, 0.1) is 13.8 Å². The quantitative estimate of drug-likeness (QED) is 0.563. The van der Waals surface area contributed by atoms with Crippen molar-refractivity contribution in [1.82, 2.24) is 14.7 Å². The van der Waals surface area contributed by atoms with Crippen molar-refractivity contribution in [1.29, 1.82) is 0 Å². The number of benzene rings is 2. The van der Waals surface area contributed by atoms with Crippen LogP contribution in [0.25, 0.3) is 11.4 Å². The first kappa shape index (κ1) is 22.0. The van der Waals surface area contributed by atoms with E-state index >= 15 is 0 Å². The standard InChI is InChI=1S/C25H24N4O4/c1-16-24(18(3)29(27-16)19-9-5-4-6-10-19)26-22(30)15-33-23(31)13-14-28-17(2)20-11-7-8-12-21(20)25(28)32/h4-12H,2,13-15H2,1,3H3,(H,26,30). The van der Waals surface area contributed by atoms with E-state index in [0.29, 0.717) is 22.6 Å². The Morgan fingerprint density at radius 3 is 2.39 bits per heavy atom. The zero-order chi connectivity index (χ0) is 23.5. The molecule has 2 aromatic carbocycles. The molecule has 2 heterocycles. The highest BCUT2D eigenvalue weighted by Crippen LogP contribution is 2.31. The highest BCUT2D eigenvalue weighted by Gasteiger charge is 2.30. The number of aryl methyl sites for hydroxylation is 1. The Morgan fingerprint density at radius 1 is 1.03 bits per heavy atom. The number of ether oxygens (including phenoxy) is 1. The Bertz CT molecular complexity index is 1210. The van der Waals surface area contributed by atoms with E-state index < -0.39 is 18.5 Å². The number of para-hydroxylation sites is 1. The van der Waals surface area contributed by atoms with Crippen molar-refractivity contribution in [3.05, 3.63) is 83.7 Å². The van der Waals surface area contributed by atoms with Crippen LogP contribution in [0.5, 0.6) is 0 Å². The number of rotatable bonds is 7. The van der Waals surface area contributed by atoms with E-state index in [1.807, 2.05) is 49.4 Å². The van der Waals surface area contributed by atoms with Gasteiger partial charge in [0.15, 0.2) is 6.61 Å². The molecule has 4 rings (SSSR count). The first-order valence-corrected chi connectivity index (χ1v) is 10.5. The summed E-state index contributed by atoms with van der Waals surface area (Å²) < 4.78 is 6.85. The lowest BCUT2D eigenvalue weighted by Crippen LogP contribution is -2.27. The van der Waals surface area contributed by atoms with E-state index in [1.54, 1.807) is 23.7 Å². The number of anilines is 1. The number of fused-ring (bicyclic) bond motifs is 1. The van der Waals surface area contributed by atoms with Gasteiger partial charge in [-0.2, -0.15) is 5.10 Å². The van der Waals surface area contributed by atoms with Crippen LogP contribution in [-0.4, -0.2) is 45.6 Å². The van der Waals surface area contributed by atoms with Gasteiger partial charge < -0.3 is 15.0 Å². The minimum atomic E-state index is -0.574. The fraction of sp³-hybridized carbons (Fsp3) is 0.200. The van der Waals surface area contributed by atoms with E-state index in [1.165, 1.54) is 4.90 Å². The van der Waals surface area contributed by atoms with E-state index in [0.717, 1.165) is 16.9 Å². The van der Waals surface area contributed by atoms with Crippen molar-refractivity contribution in [3.8, 4) is 5.69 Å². The summed E-state index contributed by atoms with van der Waals surface area (Å²) in [4.78, 5) is 38.5. The Morgan fingerprint density at radius 2 is 1.70 bits per heavy atom. The predicted molar refractivity (Wildman–Crippen MR) is 124 cm³/mol. The molecule has 1 aromatic heterocycles. The Kier molecular flexibility index (Phi) is 6.08. The normalized spacial score (nSPS) is 12.6. The number of esters is 1. The van der Waals surface area contributed by atoms with Gasteiger partial charge in [-0.15, -0.1) is 0 Å². The third-order valence-corrected chi connectivity index (χ3v) is 5.50. The lowest BCUT2D eigenvalue weighted by molar-refractivity contribution is -0.147. The van der Waals surface area contributed by atoms with Crippen LogP contribution < -0.4 is 5.32 Å². The van der Waals surface area contributed by atoms with Crippen molar-refractivity contribution in [3.63, 3.8) is 0 Å². The summed E-state index contributed by atoms with van der Waals surface area (Å²) in [6.45, 7) is 7.31. The lowest BCUT2D eigenvalue weighted by Gasteiger charge is -2.16. The van der Waals surface area contributed by atoms with Crippen LogP contribution in [0.2, 0.25) is 0 Å². The van der Waals surface area contributed by atoms with Gasteiger partial charge in [-0.1, -0.05) is 43.0 Å². The summed E-state index contributed by atoms with van der Waals surface area (Å²) in [5, 5.41) is 7.25. The Hall–Kier alpha value is -4.20. The van der Waals surface area contributed by atoms with Crippen LogP contribution in [0.4, 0.5) is 5.69 Å². The van der Waals surface area contributed by atoms with Crippen LogP contribution in [0.15, 0.2) is 61.2 Å². The molecular weight excluding hydrogens is 420 g/mol. The van der Waals surface area contributed by atoms with Gasteiger partial charge in [-0.3, -0.25) is 14.4 Å². The van der Waals surface area contributed by atoms with E-state index in [-0.39, 0.29) is 18.9 Å². The number of carbonyl (C=O) groups excluding carboxylic acids is 3. The molecule has 8 heteroatoms. The third-order valence-electron chi connectivity index (χ3n) is 5.50. The summed E-state index contributed by atoms with van der Waals surface area (Å²) in [7, 11) is 0. The topological polar surface area (TPSA) is 93.5 Å². The molecular formula is C25H24N4O4. The van der Waals surface area contributed by atoms with Gasteiger partial charge in [0, 0.05) is 23.4 Å². The maximum absolute atomic E-state index is 12.5. The minimum Gasteiger partial charge on any atom is -0.456 e. The molecule has 1 aliphatic rings. The van der Waals surface area contributed by atoms with Gasteiger partial charge in [-0.25, -0.2) is 4.68 Å². The molecule has 1 N–H and O–H groups in total. The van der Waals surface area contributed by atoms with Crippen LogP contribution in [0.1, 0.15) is 33.7 Å². The van der Waals surface area contributed by atoms with Gasteiger partial charge in [0.2, 0.25) is 0 Å². The molecule has 0 spiro atoms. The second-order valence-corrected chi connectivity index (χ2v) is 7.70. The van der Waals surface area contributed by atoms with Crippen LogP contribution >= 0.6 is 0 Å². The molecule has 0 unspecified atom stereocenters. The van der Waals surface area contributed by atoms with Crippen molar-refractivity contribution in [2.45, 2.75) is 20.3 Å². The highest BCUT2D eigenvalue weighted by atomic mass is 16.5. The molecule has 0 atom stereocenters. The molecule has 0 aliphatic carbocycles. The minimum absolute atomic E-state index is 0.0456. The highest BCUT2D eigenvalue weighted by molar-refractivity contribution is 6.08. The number of nitrogens with zero attached hydrogens (tertiary/aromatic N) is 3. The van der Waals surface area contributed by atoms with Crippen molar-refractivity contribution in [2.75, 3.05) is 18.5 Å². The van der Waals surface area contributed by atoms with Crippen LogP contribution in [0.3, 0.4) is 0 Å². The zero-order valence-electron chi connectivity index (χ0n) is 18.5. The zero-order valence-corrected chi connectivity index (χ0v) is 18.5. The molecule has 0 fully saturated rings. The van der Waals surface area contributed by atoms with Gasteiger partial charge >= 0.3 is 5.97 Å². The number of aromatic nitrogens is 2. The molecule has 2 amide bonds. The summed E-state index contributed by atoms with van der Waals surface area (Å²) in [5.41, 5.74) is 4.77. The average molecular weight is 444 g/mol. The van der Waals surface area contributed by atoms with Gasteiger partial charge in [0.25, 0.3) is 11.8 Å². The monoisotopic (exact) mass is 444 g/mol. The number of carbonyl (C=O) groups is 3. The molecule has 0 bridgehead atoms. The number of hydrogen-bond acceptors (Lipinski definition) is 5. The maximum atomic E-state index is 12.5. The predicted octanol–water partition coefficient (Wildman–Crippen LogP) is 3.49. The van der Waals surface area contributed by atoms with E-state index in [2.05, 4.69) is 17.0 Å². The van der Waals surface area contributed by atoms with Crippen molar-refractivity contribution >= 4 is 29.2 Å². The van der Waals surface area contributed by atoms with Crippen LogP contribution in [-0.2, 0) is 14.3 Å². The molecule has 0 radical (unpaired) electrons. The number of amides is 2. The second-order valence-electron chi connectivity index (χ2n) is 7.70. The number of nitrogens with one attached hydrogen (secondary N) is 1. The van der Waals surface area contributed by atoms with E-state index in [4.69, 9.17) is 4.74 Å². The van der Waals surface area contributed by atoms with Crippen molar-refractivity contribution < 1.29 is 19.1 Å². The largest absolute Gasteiger partial charge is 0.456 e. The fourth-order valence-electron chi connectivity index (χ4n) is 3.81. The first-order chi connectivity index (χ1) is 15.9. The second kappa shape index (κ2) is 9.12. The summed E-state index contributed by atoms with van der Waals surface area (Å²) in [5.74, 6) is -1.23. The SMILES string of the molecule is C=C1c2ccccc2C(=O)N1CCC(=O)OCC(=O)Nc1c(C)nn(-c2ccccc2)c1C. The van der Waals surface area contributed by atoms with Gasteiger partial charge in [-0.05, 0) is 32.0 Å². The number of hydrogen-bond donors (Lipinski definition) is 1. The average Bonchev–Trinajstić information content (AvgIpc) is 3.24. The Labute approximate surface area is 191 Å². The lowest BCUT2D eigenvalue weighted by atomic mass is 10.1. The summed E-state index contributed by atoms with van der Waals surface area (Å²) in [6, 6.07) is 16.8. The molecule has 1 aliphatic heterocycles. The molecule has 8 nitrogen and oxygen atoms in total. The molecule has 168 valence electrons. The molecule has 0 saturated carbocycles. The molecule has 0 saturated heterocycles. The van der Waals surface area contributed by atoms with Gasteiger partial charge in [0.1, 0.15) is 0 Å². The van der Waals surface area contributed by atoms with Gasteiger partial charge in [0.05, 0.1) is 29.2 Å². The van der Waals surface area contributed by atoms with E-state index in [9.17, 15) is 14.4 Å². The summed E-state index contributed by atoms with van der Waals surface area (Å²) in [6.07, 6.45) is -0.0456. The van der Waals surface area contributed by atoms with Crippen molar-refractivity contribution in [2.24, 2.45) is 0 Å². The summed E-state index contributed by atoms with van der Waals surface area (Å²) >= 11 is 0. The fourth-order valence-corrected chi connectivity index (χ4v) is 3.81.